The van der Waals surface area contributed by atoms with Crippen LogP contribution >= 0.6 is 0 Å². The monoisotopic (exact) mass is 734 g/mol. The highest BCUT2D eigenvalue weighted by Gasteiger charge is 2.66. The first-order valence-corrected chi connectivity index (χ1v) is 19.2. The van der Waals surface area contributed by atoms with Crippen molar-refractivity contribution in [1.82, 2.24) is 0 Å². The van der Waals surface area contributed by atoms with Gasteiger partial charge in [0.25, 0.3) is 0 Å². The van der Waals surface area contributed by atoms with Crippen LogP contribution in [0, 0.1) is 23.7 Å². The Hall–Kier alpha value is -5.64. The van der Waals surface area contributed by atoms with Crippen molar-refractivity contribution in [3.8, 4) is 5.75 Å². The molecule has 9 nitrogen and oxygen atoms in total. The Bertz CT molecular complexity index is 2210. The molecule has 2 saturated heterocycles. The number of fused-ring (bicyclic) bond motifs is 4. The van der Waals surface area contributed by atoms with Crippen molar-refractivity contribution in [3.63, 3.8) is 0 Å². The second-order valence-corrected chi connectivity index (χ2v) is 15.0. The molecule has 4 aromatic rings. The Morgan fingerprint density at radius 3 is 2.16 bits per heavy atom. The van der Waals surface area contributed by atoms with Crippen LogP contribution in [0.1, 0.15) is 35.4 Å². The molecule has 0 radical (unpaired) electrons. The van der Waals surface area contributed by atoms with E-state index in [2.05, 4.69) is 11.0 Å². The molecule has 5 aliphatic rings. The van der Waals surface area contributed by atoms with Crippen molar-refractivity contribution < 1.29 is 33.8 Å². The van der Waals surface area contributed by atoms with Gasteiger partial charge in [0.15, 0.2) is 11.6 Å². The number of allylic oxidation sites excluding steroid dienone is 4. The van der Waals surface area contributed by atoms with Gasteiger partial charge in [-0.25, -0.2) is 0 Å². The van der Waals surface area contributed by atoms with E-state index in [1.165, 1.54) is 11.0 Å². The summed E-state index contributed by atoms with van der Waals surface area (Å²) < 4.78 is 11.7. The third-order valence-electron chi connectivity index (χ3n) is 12.4. The number of Topliss-reactive ketones (excluding diaryl/α,β-unsaturated/α-hetero) is 1. The molecule has 2 aliphatic heterocycles. The Morgan fingerprint density at radius 2 is 1.44 bits per heavy atom. The van der Waals surface area contributed by atoms with Gasteiger partial charge in [0.05, 0.1) is 42.8 Å². The van der Waals surface area contributed by atoms with E-state index < -0.39 is 35.0 Å². The van der Waals surface area contributed by atoms with E-state index in [-0.39, 0.29) is 43.0 Å². The van der Waals surface area contributed by atoms with Crippen molar-refractivity contribution in [2.75, 3.05) is 49.3 Å². The van der Waals surface area contributed by atoms with E-state index in [0.29, 0.717) is 53.3 Å². The van der Waals surface area contributed by atoms with E-state index in [1.807, 2.05) is 109 Å². The standard InChI is InChI=1S/C46H42N2O7/c49-23-26-55-39-14-8-7-13-34(39)42-33-19-20-35-41(45(53)48(44(35)52)32-17-15-31(16-18-32)47-21-24-54-25-22-47)37(33)27-38-43(51)36(29-9-3-1-4-10-29)28-40(50)46(38,42)30-11-5-2-6-12-30/h1-19,28,35,37-38,41-42,49H,20-27H2/t35-,37+,38-,41-,42+,46-/m0/s1. The molecule has 0 unspecified atom stereocenters. The number of amides is 2. The minimum absolute atomic E-state index is 0.0376. The third kappa shape index (κ3) is 5.59. The summed E-state index contributed by atoms with van der Waals surface area (Å²) in [5.74, 6) is -3.79. The summed E-state index contributed by atoms with van der Waals surface area (Å²) in [5.41, 5.74) is 3.44. The predicted octanol–water partition coefficient (Wildman–Crippen LogP) is 5.92. The van der Waals surface area contributed by atoms with Gasteiger partial charge in [-0.05, 0) is 66.3 Å². The summed E-state index contributed by atoms with van der Waals surface area (Å²) >= 11 is 0. The van der Waals surface area contributed by atoms with Gasteiger partial charge in [-0.2, -0.15) is 0 Å². The fourth-order valence-corrected chi connectivity index (χ4v) is 10.1. The number of morpholine rings is 1. The first-order valence-electron chi connectivity index (χ1n) is 19.2. The lowest BCUT2D eigenvalue weighted by molar-refractivity contribution is -0.135. The number of rotatable bonds is 8. The maximum atomic E-state index is 15.3. The molecule has 6 atom stereocenters. The van der Waals surface area contributed by atoms with Crippen molar-refractivity contribution >= 4 is 40.3 Å². The number of aliphatic hydroxyl groups is 1. The zero-order valence-corrected chi connectivity index (χ0v) is 30.4. The normalized spacial score (nSPS) is 27.5. The van der Waals surface area contributed by atoms with E-state index >= 15 is 9.59 Å². The zero-order valence-electron chi connectivity index (χ0n) is 30.4. The van der Waals surface area contributed by atoms with Crippen LogP contribution in [-0.2, 0) is 29.3 Å². The van der Waals surface area contributed by atoms with Crippen LogP contribution in [-0.4, -0.2) is 68.0 Å². The van der Waals surface area contributed by atoms with Gasteiger partial charge in [-0.15, -0.1) is 0 Å². The number of benzene rings is 4. The minimum Gasteiger partial charge on any atom is -0.491 e. The number of nitrogens with zero attached hydrogens (tertiary/aromatic N) is 2. The smallest absolute Gasteiger partial charge is 0.238 e. The molecule has 1 saturated carbocycles. The van der Waals surface area contributed by atoms with Crippen molar-refractivity contribution in [2.24, 2.45) is 23.7 Å². The minimum atomic E-state index is -1.37. The van der Waals surface area contributed by atoms with E-state index in [1.54, 1.807) is 0 Å². The van der Waals surface area contributed by atoms with E-state index in [0.717, 1.165) is 24.4 Å². The Labute approximate surface area is 319 Å². The van der Waals surface area contributed by atoms with Gasteiger partial charge < -0.3 is 19.5 Å². The molecule has 0 aromatic heterocycles. The molecular weight excluding hydrogens is 693 g/mol. The zero-order chi connectivity index (χ0) is 37.7. The first-order chi connectivity index (χ1) is 26.9. The number of ether oxygens (including phenoxy) is 2. The van der Waals surface area contributed by atoms with E-state index in [4.69, 9.17) is 9.47 Å². The SMILES string of the molecule is O=C1C(c2ccccc2)=CC(=O)[C@@]2(c3ccccc3)[C@@H](c3ccccc3OCCO)C3=CC[C@@H]4C(=O)N(c5ccc(N6CCOCC6)cc5)C(=O)[C@@H]4[C@@H]3C[C@@H]12. The maximum absolute atomic E-state index is 15.3. The molecule has 1 N–H and O–H groups in total. The quantitative estimate of drug-likeness (QED) is 0.175. The number of aliphatic hydroxyl groups excluding tert-OH is 1. The van der Waals surface area contributed by atoms with Crippen molar-refractivity contribution in [2.45, 2.75) is 24.2 Å². The van der Waals surface area contributed by atoms with Gasteiger partial charge in [0, 0.05) is 41.7 Å². The molecule has 2 heterocycles. The average molecular weight is 735 g/mol. The number of carbonyl (C=O) groups is 4. The number of hydrogen-bond donors (Lipinski definition) is 1. The summed E-state index contributed by atoms with van der Waals surface area (Å²) in [6.45, 7) is 2.66. The summed E-state index contributed by atoms with van der Waals surface area (Å²) in [6.07, 6.45) is 4.12. The Morgan fingerprint density at radius 1 is 0.764 bits per heavy atom. The maximum Gasteiger partial charge on any atom is 0.238 e. The highest BCUT2D eigenvalue weighted by atomic mass is 16.5. The van der Waals surface area contributed by atoms with Crippen LogP contribution in [0.25, 0.3) is 5.57 Å². The van der Waals surface area contributed by atoms with Gasteiger partial charge in [-0.1, -0.05) is 90.5 Å². The number of anilines is 2. The van der Waals surface area contributed by atoms with E-state index in [9.17, 15) is 14.7 Å². The van der Waals surface area contributed by atoms with Gasteiger partial charge in [0.2, 0.25) is 11.8 Å². The molecule has 2 amide bonds. The van der Waals surface area contributed by atoms with Gasteiger partial charge in [-0.3, -0.25) is 24.1 Å². The fraction of sp³-hybridized carbons (Fsp3) is 0.304. The molecule has 3 aliphatic carbocycles. The van der Waals surface area contributed by atoms with Gasteiger partial charge >= 0.3 is 0 Å². The molecule has 9 heteroatoms. The van der Waals surface area contributed by atoms with Crippen LogP contribution < -0.4 is 14.5 Å². The lowest BCUT2D eigenvalue weighted by Crippen LogP contribution is -2.58. The number of imide groups is 1. The van der Waals surface area contributed by atoms with Crippen LogP contribution in [0.3, 0.4) is 0 Å². The Balaban J connectivity index is 1.20. The lowest BCUT2D eigenvalue weighted by Gasteiger charge is -2.55. The average Bonchev–Trinajstić information content (AvgIpc) is 3.50. The van der Waals surface area contributed by atoms with Crippen LogP contribution in [0.15, 0.2) is 127 Å². The van der Waals surface area contributed by atoms with Crippen molar-refractivity contribution in [3.05, 3.63) is 144 Å². The summed E-state index contributed by atoms with van der Waals surface area (Å²) in [7, 11) is 0. The van der Waals surface area contributed by atoms with Crippen LogP contribution in [0.2, 0.25) is 0 Å². The highest BCUT2D eigenvalue weighted by molar-refractivity contribution is 6.32. The first kappa shape index (κ1) is 35.1. The van der Waals surface area contributed by atoms with Crippen LogP contribution in [0.5, 0.6) is 5.75 Å². The molecule has 55 heavy (non-hydrogen) atoms. The number of carbonyl (C=O) groups excluding carboxylic acids is 4. The highest BCUT2D eigenvalue weighted by Crippen LogP contribution is 2.64. The fourth-order valence-electron chi connectivity index (χ4n) is 10.1. The lowest BCUT2D eigenvalue weighted by atomic mass is 9.44. The second kappa shape index (κ2) is 14.2. The summed E-state index contributed by atoms with van der Waals surface area (Å²) in [5, 5.41) is 9.78. The predicted molar refractivity (Wildman–Crippen MR) is 208 cm³/mol. The number of ketones is 2. The molecule has 0 bridgehead atoms. The van der Waals surface area contributed by atoms with Crippen LogP contribution in [0.4, 0.5) is 11.4 Å². The molecular formula is C46H42N2O7. The summed E-state index contributed by atoms with van der Waals surface area (Å²) in [6, 6.07) is 33.8. The summed E-state index contributed by atoms with van der Waals surface area (Å²) in [4.78, 5) is 63.2. The molecule has 278 valence electrons. The Kier molecular flexibility index (Phi) is 9.07. The second-order valence-electron chi connectivity index (χ2n) is 15.0. The largest absolute Gasteiger partial charge is 0.491 e. The topological polar surface area (TPSA) is 113 Å². The number of hydrogen-bond acceptors (Lipinski definition) is 8. The number of para-hydroxylation sites is 1. The third-order valence-corrected chi connectivity index (χ3v) is 12.4. The molecule has 4 aromatic carbocycles. The molecule has 0 spiro atoms. The molecule has 3 fully saturated rings. The van der Waals surface area contributed by atoms with Gasteiger partial charge in [0.1, 0.15) is 12.4 Å². The van der Waals surface area contributed by atoms with Crippen molar-refractivity contribution in [1.29, 1.82) is 0 Å². The molecule has 9 rings (SSSR count).